The van der Waals surface area contributed by atoms with Gasteiger partial charge >= 0.3 is 14.0 Å². The molecular weight excluding hydrogens is 894 g/mol. The van der Waals surface area contributed by atoms with Gasteiger partial charge in [0.25, 0.3) is 0 Å². The molecule has 12 aromatic carbocycles. The Morgan fingerprint density at radius 2 is 0.716 bits per heavy atom. The highest BCUT2D eigenvalue weighted by Gasteiger charge is 2.46. The summed E-state index contributed by atoms with van der Waals surface area (Å²) in [5.74, 6) is 0.405. The number of anilines is 7. The molecule has 0 fully saturated rings. The van der Waals surface area contributed by atoms with Crippen LogP contribution < -0.4 is 30.2 Å². The number of benzene rings is 12. The van der Waals surface area contributed by atoms with Crippen LogP contribution in [0.5, 0.6) is 0 Å². The van der Waals surface area contributed by atoms with Crippen LogP contribution in [0.15, 0.2) is 272 Å². The van der Waals surface area contributed by atoms with E-state index in [9.17, 15) is 0 Å². The molecule has 1 atom stereocenters. The molecule has 0 aromatic heterocycles. The van der Waals surface area contributed by atoms with E-state index in [1.807, 2.05) is 0 Å². The Hall–Kier alpha value is -9.25. The van der Waals surface area contributed by atoms with Gasteiger partial charge in [0, 0.05) is 28.7 Å². The average molecular weight is 941 g/mol. The van der Waals surface area contributed by atoms with Gasteiger partial charge in [-0.25, -0.2) is 0 Å². The van der Waals surface area contributed by atoms with Crippen LogP contribution in [0.2, 0.25) is 0 Å². The Balaban J connectivity index is 0.876. The summed E-state index contributed by atoms with van der Waals surface area (Å²) in [5, 5.41) is 15.0. The van der Waals surface area contributed by atoms with Crippen molar-refractivity contribution >= 4 is 129 Å². The first-order chi connectivity index (χ1) is 36.7. The van der Waals surface area contributed by atoms with E-state index in [0.717, 1.165) is 17.8 Å². The lowest BCUT2D eigenvalue weighted by molar-refractivity contribution is 0.775. The predicted molar refractivity (Wildman–Crippen MR) is 317 cm³/mol. The summed E-state index contributed by atoms with van der Waals surface area (Å²) >= 11 is 0. The number of rotatable bonds is 6. The molecule has 2 aliphatic carbocycles. The number of hydrogen-bond acceptors (Lipinski definition) is 4. The van der Waals surface area contributed by atoms with E-state index in [1.54, 1.807) is 0 Å². The fourth-order valence-corrected chi connectivity index (χ4v) is 13.0. The summed E-state index contributed by atoms with van der Waals surface area (Å²) < 4.78 is 0. The maximum Gasteiger partial charge on any atom is 0.420 e. The van der Waals surface area contributed by atoms with Gasteiger partial charge in [0.15, 0.2) is 0 Å². The fourth-order valence-electron chi connectivity index (χ4n) is 13.0. The van der Waals surface area contributed by atoms with Crippen molar-refractivity contribution in [1.82, 2.24) is 0 Å². The minimum absolute atomic E-state index is 0.152. The van der Waals surface area contributed by atoms with Crippen LogP contribution in [0.1, 0.15) is 6.42 Å². The first kappa shape index (κ1) is 41.4. The zero-order chi connectivity index (χ0) is 48.4. The number of allylic oxidation sites excluding steroid dienone is 7. The Morgan fingerprint density at radius 1 is 0.351 bits per heavy atom. The first-order valence-electron chi connectivity index (χ1n) is 26.0. The molecule has 2 aliphatic heterocycles. The van der Waals surface area contributed by atoms with Crippen molar-refractivity contribution in [3.05, 3.63) is 272 Å². The minimum Gasteiger partial charge on any atom is -0.360 e. The second-order valence-corrected chi connectivity index (χ2v) is 20.5. The van der Waals surface area contributed by atoms with Crippen LogP contribution in [0, 0.1) is 5.92 Å². The predicted octanol–water partition coefficient (Wildman–Crippen LogP) is 16.0. The largest absolute Gasteiger partial charge is 0.420 e. The van der Waals surface area contributed by atoms with Gasteiger partial charge < -0.3 is 19.2 Å². The molecule has 6 heteroatoms. The number of fused-ring (bicyclic) bond motifs is 6. The zero-order valence-electron chi connectivity index (χ0n) is 40.6. The summed E-state index contributed by atoms with van der Waals surface area (Å²) in [6.07, 6.45) is 15.0. The van der Waals surface area contributed by atoms with Crippen molar-refractivity contribution in [1.29, 1.82) is 0 Å². The minimum atomic E-state index is -0.168. The van der Waals surface area contributed by atoms with E-state index in [4.69, 9.17) is 0 Å². The van der Waals surface area contributed by atoms with E-state index in [1.165, 1.54) is 115 Å². The highest BCUT2D eigenvalue weighted by Crippen LogP contribution is 2.49. The van der Waals surface area contributed by atoms with Crippen molar-refractivity contribution in [2.45, 2.75) is 6.42 Å². The van der Waals surface area contributed by atoms with Gasteiger partial charge in [0.05, 0.1) is 22.7 Å². The van der Waals surface area contributed by atoms with E-state index >= 15 is 0 Å². The molecule has 0 saturated carbocycles. The SMILES string of the molecule is C1=CCC2C=CC(N3B(c4cc5ccc6cc(B7N(c8ccc9ccccc9c8)c8ccccc8N7c7ccc8ccccc8c7)cc7ccc(c4)c5c67)N(c4ccc5ccccc5c4)c4ccccc43)=CC2=C1. The molecule has 1 unspecified atom stereocenters. The normalized spacial score (nSPS) is 16.1. The summed E-state index contributed by atoms with van der Waals surface area (Å²) in [4.78, 5) is 10.3. The van der Waals surface area contributed by atoms with Crippen LogP contribution in [-0.4, -0.2) is 14.0 Å². The molecule has 4 nitrogen and oxygen atoms in total. The monoisotopic (exact) mass is 940 g/mol. The third-order valence-electron chi connectivity index (χ3n) is 16.3. The van der Waals surface area contributed by atoms with Crippen LogP contribution >= 0.6 is 0 Å². The van der Waals surface area contributed by atoms with Crippen LogP contribution in [0.4, 0.5) is 39.8 Å². The topological polar surface area (TPSA) is 13.0 Å². The summed E-state index contributed by atoms with van der Waals surface area (Å²) in [6, 6.07) is 84.2. The smallest absolute Gasteiger partial charge is 0.360 e. The van der Waals surface area contributed by atoms with E-state index in [-0.39, 0.29) is 14.0 Å². The van der Waals surface area contributed by atoms with Gasteiger partial charge in [0.1, 0.15) is 0 Å². The third kappa shape index (κ3) is 6.31. The molecule has 0 bridgehead atoms. The molecule has 12 aromatic rings. The number of nitrogens with zero attached hydrogens (tertiary/aromatic N) is 4. The van der Waals surface area contributed by atoms with Crippen molar-refractivity contribution in [2.75, 3.05) is 19.2 Å². The van der Waals surface area contributed by atoms with Crippen LogP contribution in [0.3, 0.4) is 0 Å². The molecule has 0 amide bonds. The van der Waals surface area contributed by atoms with Gasteiger partial charge in [-0.2, -0.15) is 0 Å². The fraction of sp³-hybridized carbons (Fsp3) is 0.0294. The molecule has 74 heavy (non-hydrogen) atoms. The standard InChI is InChI=1S/C68H46B2N4/c1-5-17-49-41-59(33-29-45(49)13-1)71-63-21-9-10-22-64(63)72(60-34-30-46-14-2-6-18-50(46)42-60)69(71)57-37-53-25-27-55-39-58(40-56-28-26-54(38-57)67(53)68(55)56)70-73(61-35-31-47-15-3-7-19-51(47)43-61)65-23-11-12-24-66(65)74(70)62-36-32-48-16-4-8-20-52(48)44-62/h1-15,17-44,48H,16H2. The van der Waals surface area contributed by atoms with Crippen molar-refractivity contribution in [3.8, 4) is 0 Å². The highest BCUT2D eigenvalue weighted by atomic mass is 15.3. The quantitative estimate of drug-likeness (QED) is 0.122. The maximum atomic E-state index is 2.58. The van der Waals surface area contributed by atoms with E-state index in [2.05, 4.69) is 280 Å². The third-order valence-corrected chi connectivity index (χ3v) is 16.3. The first-order valence-corrected chi connectivity index (χ1v) is 26.0. The van der Waals surface area contributed by atoms with Gasteiger partial charge in [-0.15, -0.1) is 0 Å². The summed E-state index contributed by atoms with van der Waals surface area (Å²) in [7, 11) is 0. The van der Waals surface area contributed by atoms with Crippen LogP contribution in [0.25, 0.3) is 64.6 Å². The van der Waals surface area contributed by atoms with Crippen LogP contribution in [-0.2, 0) is 0 Å². The molecule has 0 saturated heterocycles. The number of hydrogen-bond donors (Lipinski definition) is 0. The Labute approximate surface area is 430 Å². The molecule has 16 rings (SSSR count). The van der Waals surface area contributed by atoms with E-state index in [0.29, 0.717) is 5.92 Å². The molecule has 2 heterocycles. The van der Waals surface area contributed by atoms with Gasteiger partial charge in [-0.05, 0) is 160 Å². The lowest BCUT2D eigenvalue weighted by Crippen LogP contribution is -2.54. The Morgan fingerprint density at radius 3 is 1.15 bits per heavy atom. The van der Waals surface area contributed by atoms with Gasteiger partial charge in [-0.1, -0.05) is 188 Å². The Bertz CT molecular complexity index is 4260. The molecule has 0 spiro atoms. The van der Waals surface area contributed by atoms with Crippen molar-refractivity contribution in [3.63, 3.8) is 0 Å². The average Bonchev–Trinajstić information content (AvgIpc) is 4.01. The molecule has 4 aliphatic rings. The van der Waals surface area contributed by atoms with E-state index < -0.39 is 0 Å². The second-order valence-electron chi connectivity index (χ2n) is 20.5. The molecule has 0 radical (unpaired) electrons. The molecule has 344 valence electrons. The number of para-hydroxylation sites is 4. The highest BCUT2D eigenvalue weighted by molar-refractivity contribution is 6.85. The summed E-state index contributed by atoms with van der Waals surface area (Å²) in [5.41, 5.74) is 13.3. The van der Waals surface area contributed by atoms with Crippen molar-refractivity contribution < 1.29 is 0 Å². The second kappa shape index (κ2) is 16.1. The van der Waals surface area contributed by atoms with Crippen molar-refractivity contribution in [2.24, 2.45) is 5.92 Å². The Kier molecular flexibility index (Phi) is 9.02. The summed E-state index contributed by atoms with van der Waals surface area (Å²) in [6.45, 7) is -0.321. The van der Waals surface area contributed by atoms with Gasteiger partial charge in [0.2, 0.25) is 0 Å². The molecular formula is C68H46B2N4. The lowest BCUT2D eigenvalue weighted by Gasteiger charge is -2.33. The lowest BCUT2D eigenvalue weighted by atomic mass is 9.62. The maximum absolute atomic E-state index is 2.58. The van der Waals surface area contributed by atoms with Gasteiger partial charge in [-0.3, -0.25) is 0 Å². The zero-order valence-corrected chi connectivity index (χ0v) is 40.6. The molecule has 0 N–H and O–H groups in total.